The highest BCUT2D eigenvalue weighted by atomic mass is 32.1. The predicted molar refractivity (Wildman–Crippen MR) is 92.9 cm³/mol. The Morgan fingerprint density at radius 1 is 1.27 bits per heavy atom. The number of amides is 1. The van der Waals surface area contributed by atoms with Crippen LogP contribution in [0, 0.1) is 11.3 Å². The summed E-state index contributed by atoms with van der Waals surface area (Å²) in [5.74, 6) is -1.25. The highest BCUT2D eigenvalue weighted by Crippen LogP contribution is 2.33. The van der Waals surface area contributed by atoms with Gasteiger partial charge in [-0.15, -0.1) is 11.3 Å². The van der Waals surface area contributed by atoms with E-state index in [2.05, 4.69) is 5.32 Å². The standard InChI is InChI=1S/C17H14N2O6S/c1-23-12-4-3-11(8-20)14(15(12)24-2)17(22)25-9-13(21)19-16-10(7-18)5-6-26-16/h3-6,8H,9H2,1-2H3,(H,19,21). The van der Waals surface area contributed by atoms with Gasteiger partial charge in [-0.05, 0) is 23.6 Å². The number of nitrogens with one attached hydrogen (secondary N) is 1. The number of methoxy groups -OCH3 is 2. The van der Waals surface area contributed by atoms with Crippen molar-refractivity contribution >= 4 is 34.5 Å². The molecule has 0 radical (unpaired) electrons. The minimum absolute atomic E-state index is 0.0348. The van der Waals surface area contributed by atoms with Crippen LogP contribution in [0.1, 0.15) is 26.3 Å². The van der Waals surface area contributed by atoms with Crippen molar-refractivity contribution < 1.29 is 28.6 Å². The van der Waals surface area contributed by atoms with E-state index in [1.165, 1.54) is 37.7 Å². The molecule has 0 aliphatic carbocycles. The van der Waals surface area contributed by atoms with Gasteiger partial charge < -0.3 is 19.5 Å². The van der Waals surface area contributed by atoms with Crippen molar-refractivity contribution in [3.05, 3.63) is 40.3 Å². The van der Waals surface area contributed by atoms with Gasteiger partial charge in [0.25, 0.3) is 5.91 Å². The third kappa shape index (κ3) is 3.99. The molecule has 0 aliphatic rings. The number of esters is 1. The summed E-state index contributed by atoms with van der Waals surface area (Å²) in [5, 5.41) is 13.4. The van der Waals surface area contributed by atoms with E-state index in [9.17, 15) is 14.4 Å². The van der Waals surface area contributed by atoms with Crippen molar-refractivity contribution in [2.45, 2.75) is 0 Å². The molecule has 0 aliphatic heterocycles. The smallest absolute Gasteiger partial charge is 0.343 e. The monoisotopic (exact) mass is 374 g/mol. The molecule has 134 valence electrons. The maximum Gasteiger partial charge on any atom is 0.343 e. The molecule has 0 fully saturated rings. The Balaban J connectivity index is 2.14. The molecule has 1 amide bonds. The number of nitrogens with zero attached hydrogens (tertiary/aromatic N) is 1. The van der Waals surface area contributed by atoms with Crippen LogP contribution in [-0.4, -0.2) is 39.0 Å². The molecule has 2 rings (SSSR count). The summed E-state index contributed by atoms with van der Waals surface area (Å²) in [6.45, 7) is -0.597. The SMILES string of the molecule is COc1ccc(C=O)c(C(=O)OCC(=O)Nc2sccc2C#N)c1OC. The van der Waals surface area contributed by atoms with Crippen molar-refractivity contribution in [2.75, 3.05) is 26.1 Å². The highest BCUT2D eigenvalue weighted by molar-refractivity contribution is 7.14. The Kier molecular flexibility index (Phi) is 6.30. The van der Waals surface area contributed by atoms with Crippen molar-refractivity contribution in [3.8, 4) is 17.6 Å². The van der Waals surface area contributed by atoms with Crippen LogP contribution in [0.5, 0.6) is 11.5 Å². The lowest BCUT2D eigenvalue weighted by atomic mass is 10.1. The summed E-state index contributed by atoms with van der Waals surface area (Å²) in [4.78, 5) is 35.5. The number of carbonyl (C=O) groups is 3. The lowest BCUT2D eigenvalue weighted by molar-refractivity contribution is -0.119. The Hall–Kier alpha value is -3.38. The maximum atomic E-state index is 12.4. The van der Waals surface area contributed by atoms with Gasteiger partial charge in [0.2, 0.25) is 0 Å². The third-order valence-corrected chi connectivity index (χ3v) is 4.11. The zero-order valence-electron chi connectivity index (χ0n) is 13.9. The fourth-order valence-corrected chi connectivity index (χ4v) is 2.86. The van der Waals surface area contributed by atoms with E-state index in [1.54, 1.807) is 11.4 Å². The second kappa shape index (κ2) is 8.64. The molecule has 8 nitrogen and oxygen atoms in total. The van der Waals surface area contributed by atoms with Gasteiger partial charge in [0.05, 0.1) is 19.8 Å². The first-order valence-corrected chi connectivity index (χ1v) is 8.08. The van der Waals surface area contributed by atoms with E-state index in [1.807, 2.05) is 6.07 Å². The molecule has 0 atom stereocenters. The van der Waals surface area contributed by atoms with E-state index in [0.717, 1.165) is 0 Å². The average Bonchev–Trinajstić information content (AvgIpc) is 3.11. The van der Waals surface area contributed by atoms with Crippen molar-refractivity contribution in [3.63, 3.8) is 0 Å². The lowest BCUT2D eigenvalue weighted by Crippen LogP contribution is -2.21. The molecule has 0 saturated heterocycles. The Labute approximate surface area is 152 Å². The van der Waals surface area contributed by atoms with E-state index >= 15 is 0 Å². The molecule has 0 spiro atoms. The van der Waals surface area contributed by atoms with E-state index in [0.29, 0.717) is 16.9 Å². The Morgan fingerprint density at radius 2 is 2.04 bits per heavy atom. The van der Waals surface area contributed by atoms with Gasteiger partial charge in [0, 0.05) is 5.56 Å². The second-order valence-electron chi connectivity index (χ2n) is 4.78. The van der Waals surface area contributed by atoms with Crippen LogP contribution in [0.4, 0.5) is 5.00 Å². The summed E-state index contributed by atoms with van der Waals surface area (Å²) in [5.41, 5.74) is 0.217. The number of nitriles is 1. The van der Waals surface area contributed by atoms with Gasteiger partial charge in [-0.2, -0.15) is 5.26 Å². The zero-order valence-corrected chi connectivity index (χ0v) is 14.7. The van der Waals surface area contributed by atoms with Crippen LogP contribution in [-0.2, 0) is 9.53 Å². The number of hydrogen-bond donors (Lipinski definition) is 1. The number of aldehydes is 1. The Morgan fingerprint density at radius 3 is 2.65 bits per heavy atom. The minimum Gasteiger partial charge on any atom is -0.493 e. The van der Waals surface area contributed by atoms with Gasteiger partial charge in [-0.3, -0.25) is 9.59 Å². The molecule has 1 N–H and O–H groups in total. The Bertz CT molecular complexity index is 884. The largest absolute Gasteiger partial charge is 0.493 e. The summed E-state index contributed by atoms with van der Waals surface area (Å²) < 4.78 is 15.2. The first kappa shape index (κ1) is 19.0. The number of hydrogen-bond acceptors (Lipinski definition) is 8. The van der Waals surface area contributed by atoms with Gasteiger partial charge in [-0.1, -0.05) is 0 Å². The number of rotatable bonds is 7. The quantitative estimate of drug-likeness (QED) is 0.584. The summed E-state index contributed by atoms with van der Waals surface area (Å²) in [6.07, 6.45) is 0.476. The molecule has 1 aromatic heterocycles. The van der Waals surface area contributed by atoms with Gasteiger partial charge in [0.15, 0.2) is 24.4 Å². The number of thiophene rings is 1. The van der Waals surface area contributed by atoms with Crippen LogP contribution < -0.4 is 14.8 Å². The molecule has 1 aromatic carbocycles. The minimum atomic E-state index is -0.912. The lowest BCUT2D eigenvalue weighted by Gasteiger charge is -2.14. The topological polar surface area (TPSA) is 115 Å². The van der Waals surface area contributed by atoms with Crippen LogP contribution in [0.3, 0.4) is 0 Å². The molecule has 26 heavy (non-hydrogen) atoms. The summed E-state index contributed by atoms with van der Waals surface area (Å²) in [7, 11) is 2.70. The van der Waals surface area contributed by atoms with Crippen LogP contribution in [0.2, 0.25) is 0 Å². The van der Waals surface area contributed by atoms with Gasteiger partial charge >= 0.3 is 5.97 Å². The molecule has 1 heterocycles. The average molecular weight is 374 g/mol. The molecular formula is C17H14N2O6S. The first-order valence-electron chi connectivity index (χ1n) is 7.20. The maximum absolute atomic E-state index is 12.4. The summed E-state index contributed by atoms with van der Waals surface area (Å²) in [6, 6.07) is 6.36. The molecule has 0 unspecified atom stereocenters. The predicted octanol–water partition coefficient (Wildman–Crippen LogP) is 2.24. The first-order chi connectivity index (χ1) is 12.5. The molecule has 9 heteroatoms. The normalized spacial score (nSPS) is 9.73. The van der Waals surface area contributed by atoms with Gasteiger partial charge in [0.1, 0.15) is 16.6 Å². The van der Waals surface area contributed by atoms with E-state index < -0.39 is 18.5 Å². The van der Waals surface area contributed by atoms with E-state index in [4.69, 9.17) is 19.5 Å². The number of anilines is 1. The zero-order chi connectivity index (χ0) is 19.1. The van der Waals surface area contributed by atoms with Crippen molar-refractivity contribution in [2.24, 2.45) is 0 Å². The fraction of sp³-hybridized carbons (Fsp3) is 0.176. The van der Waals surface area contributed by atoms with E-state index in [-0.39, 0.29) is 22.6 Å². The summed E-state index contributed by atoms with van der Waals surface area (Å²) >= 11 is 1.17. The second-order valence-corrected chi connectivity index (χ2v) is 5.70. The number of ether oxygens (including phenoxy) is 3. The number of benzene rings is 1. The van der Waals surface area contributed by atoms with Crippen molar-refractivity contribution in [1.82, 2.24) is 0 Å². The third-order valence-electron chi connectivity index (χ3n) is 3.28. The highest BCUT2D eigenvalue weighted by Gasteiger charge is 2.23. The van der Waals surface area contributed by atoms with Crippen LogP contribution >= 0.6 is 11.3 Å². The van der Waals surface area contributed by atoms with Gasteiger partial charge in [-0.25, -0.2) is 4.79 Å². The van der Waals surface area contributed by atoms with Crippen LogP contribution in [0.25, 0.3) is 0 Å². The fourth-order valence-electron chi connectivity index (χ4n) is 2.11. The van der Waals surface area contributed by atoms with Crippen molar-refractivity contribution in [1.29, 1.82) is 5.26 Å². The molecule has 2 aromatic rings. The molecular weight excluding hydrogens is 360 g/mol. The van der Waals surface area contributed by atoms with Crippen LogP contribution in [0.15, 0.2) is 23.6 Å². The molecule has 0 bridgehead atoms. The molecule has 0 saturated carbocycles. The number of carbonyl (C=O) groups excluding carboxylic acids is 3.